The molecule has 1 atom stereocenters. The van der Waals surface area contributed by atoms with Crippen molar-refractivity contribution in [1.82, 2.24) is 10.3 Å². The van der Waals surface area contributed by atoms with Crippen molar-refractivity contribution in [3.8, 4) is 0 Å². The number of nitrogens with one attached hydrogen (secondary N) is 1. The Morgan fingerprint density at radius 1 is 1.29 bits per heavy atom. The molecule has 17 heavy (non-hydrogen) atoms. The average Bonchev–Trinajstić information content (AvgIpc) is 2.78. The standard InChI is InChI=1S/C13H25N3S/c1-5-8-16(9-6-2)13-15-10-12(17-13)11(4)14-7-3/h10-11,14H,5-9H2,1-4H3. The van der Waals surface area contributed by atoms with Gasteiger partial charge in [0.05, 0.1) is 0 Å². The highest BCUT2D eigenvalue weighted by atomic mass is 32.1. The van der Waals surface area contributed by atoms with E-state index in [0.29, 0.717) is 6.04 Å². The van der Waals surface area contributed by atoms with E-state index < -0.39 is 0 Å². The lowest BCUT2D eigenvalue weighted by atomic mass is 10.3. The predicted octanol–water partition coefficient (Wildman–Crippen LogP) is 3.44. The highest BCUT2D eigenvalue weighted by Gasteiger charge is 2.12. The van der Waals surface area contributed by atoms with Crippen LogP contribution in [0.3, 0.4) is 0 Å². The van der Waals surface area contributed by atoms with Gasteiger partial charge in [-0.1, -0.05) is 20.8 Å². The second-order valence-electron chi connectivity index (χ2n) is 4.31. The van der Waals surface area contributed by atoms with Crippen molar-refractivity contribution >= 4 is 16.5 Å². The van der Waals surface area contributed by atoms with E-state index in [1.165, 1.54) is 22.9 Å². The van der Waals surface area contributed by atoms with Gasteiger partial charge in [0, 0.05) is 30.2 Å². The van der Waals surface area contributed by atoms with E-state index in [-0.39, 0.29) is 0 Å². The normalized spacial score (nSPS) is 12.7. The molecule has 0 spiro atoms. The second-order valence-corrected chi connectivity index (χ2v) is 5.35. The first-order valence-corrected chi connectivity index (χ1v) is 7.48. The van der Waals surface area contributed by atoms with Crippen LogP contribution in [0.2, 0.25) is 0 Å². The topological polar surface area (TPSA) is 28.2 Å². The summed E-state index contributed by atoms with van der Waals surface area (Å²) in [7, 11) is 0. The van der Waals surface area contributed by atoms with Crippen molar-refractivity contribution in [1.29, 1.82) is 0 Å². The van der Waals surface area contributed by atoms with Gasteiger partial charge in [0.25, 0.3) is 0 Å². The third-order valence-corrected chi connectivity index (χ3v) is 3.95. The van der Waals surface area contributed by atoms with Crippen LogP contribution in [0, 0.1) is 0 Å². The predicted molar refractivity (Wildman–Crippen MR) is 77.0 cm³/mol. The molecule has 0 bridgehead atoms. The highest BCUT2D eigenvalue weighted by Crippen LogP contribution is 2.27. The lowest BCUT2D eigenvalue weighted by Gasteiger charge is -2.20. The zero-order valence-electron chi connectivity index (χ0n) is 11.5. The van der Waals surface area contributed by atoms with E-state index in [0.717, 1.165) is 19.6 Å². The molecule has 4 heteroatoms. The van der Waals surface area contributed by atoms with Crippen molar-refractivity contribution in [2.45, 2.75) is 46.6 Å². The van der Waals surface area contributed by atoms with Crippen LogP contribution in [0.25, 0.3) is 0 Å². The first-order valence-electron chi connectivity index (χ1n) is 6.66. The number of anilines is 1. The molecule has 3 nitrogen and oxygen atoms in total. The smallest absolute Gasteiger partial charge is 0.185 e. The maximum atomic E-state index is 4.56. The van der Waals surface area contributed by atoms with Gasteiger partial charge in [-0.3, -0.25) is 0 Å². The maximum Gasteiger partial charge on any atom is 0.185 e. The zero-order valence-corrected chi connectivity index (χ0v) is 12.3. The number of nitrogens with zero attached hydrogens (tertiary/aromatic N) is 2. The van der Waals surface area contributed by atoms with E-state index in [4.69, 9.17) is 0 Å². The lowest BCUT2D eigenvalue weighted by molar-refractivity contribution is 0.606. The SMILES string of the molecule is CCCN(CCC)c1ncc(C(C)NCC)s1. The van der Waals surface area contributed by atoms with Crippen molar-refractivity contribution in [2.75, 3.05) is 24.5 Å². The zero-order chi connectivity index (χ0) is 12.7. The summed E-state index contributed by atoms with van der Waals surface area (Å²) in [6.45, 7) is 12.0. The number of hydrogen-bond donors (Lipinski definition) is 1. The Balaban J connectivity index is 2.69. The molecule has 1 aromatic rings. The number of hydrogen-bond acceptors (Lipinski definition) is 4. The fourth-order valence-corrected chi connectivity index (χ4v) is 2.87. The largest absolute Gasteiger partial charge is 0.348 e. The van der Waals surface area contributed by atoms with E-state index in [2.05, 4.69) is 42.9 Å². The van der Waals surface area contributed by atoms with Crippen LogP contribution in [0.1, 0.15) is 51.5 Å². The Bertz CT molecular complexity index is 305. The van der Waals surface area contributed by atoms with Crippen molar-refractivity contribution in [3.63, 3.8) is 0 Å². The number of thiazole rings is 1. The van der Waals surface area contributed by atoms with Crippen LogP contribution >= 0.6 is 11.3 Å². The fourth-order valence-electron chi connectivity index (χ4n) is 1.87. The second kappa shape index (κ2) is 7.67. The monoisotopic (exact) mass is 255 g/mol. The first kappa shape index (κ1) is 14.5. The molecule has 0 saturated carbocycles. The van der Waals surface area contributed by atoms with Gasteiger partial charge in [0.15, 0.2) is 5.13 Å². The third kappa shape index (κ3) is 4.28. The van der Waals surface area contributed by atoms with Crippen LogP contribution in [0.15, 0.2) is 6.20 Å². The molecule has 1 N–H and O–H groups in total. The lowest BCUT2D eigenvalue weighted by Crippen LogP contribution is -2.24. The van der Waals surface area contributed by atoms with Gasteiger partial charge in [0.2, 0.25) is 0 Å². The molecule has 0 fully saturated rings. The van der Waals surface area contributed by atoms with Gasteiger partial charge < -0.3 is 10.2 Å². The summed E-state index contributed by atoms with van der Waals surface area (Å²) in [5.74, 6) is 0. The quantitative estimate of drug-likeness (QED) is 0.771. The van der Waals surface area contributed by atoms with Crippen molar-refractivity contribution in [3.05, 3.63) is 11.1 Å². The van der Waals surface area contributed by atoms with Crippen LogP contribution in [0.5, 0.6) is 0 Å². The Labute approximate surface area is 109 Å². The highest BCUT2D eigenvalue weighted by molar-refractivity contribution is 7.15. The van der Waals surface area contributed by atoms with Gasteiger partial charge in [0.1, 0.15) is 0 Å². The van der Waals surface area contributed by atoms with E-state index >= 15 is 0 Å². The van der Waals surface area contributed by atoms with Gasteiger partial charge >= 0.3 is 0 Å². The summed E-state index contributed by atoms with van der Waals surface area (Å²) in [5, 5.41) is 4.60. The van der Waals surface area contributed by atoms with Gasteiger partial charge in [-0.05, 0) is 26.3 Å². The van der Waals surface area contributed by atoms with E-state index in [9.17, 15) is 0 Å². The van der Waals surface area contributed by atoms with Crippen LogP contribution in [-0.4, -0.2) is 24.6 Å². The average molecular weight is 255 g/mol. The Hall–Kier alpha value is -0.610. The summed E-state index contributed by atoms with van der Waals surface area (Å²) in [5.41, 5.74) is 0. The molecule has 1 heterocycles. The minimum atomic E-state index is 0.413. The van der Waals surface area contributed by atoms with Crippen molar-refractivity contribution in [2.24, 2.45) is 0 Å². The minimum absolute atomic E-state index is 0.413. The summed E-state index contributed by atoms with van der Waals surface area (Å²) >= 11 is 1.82. The van der Waals surface area contributed by atoms with Gasteiger partial charge in [-0.15, -0.1) is 11.3 Å². The number of rotatable bonds is 8. The number of aromatic nitrogens is 1. The molecular weight excluding hydrogens is 230 g/mol. The molecule has 98 valence electrons. The van der Waals surface area contributed by atoms with E-state index in [1.807, 2.05) is 17.5 Å². The molecular formula is C13H25N3S. The van der Waals surface area contributed by atoms with E-state index in [1.54, 1.807) is 0 Å². The summed E-state index contributed by atoms with van der Waals surface area (Å²) < 4.78 is 0. The molecule has 0 aliphatic heterocycles. The Morgan fingerprint density at radius 3 is 2.47 bits per heavy atom. The maximum absolute atomic E-state index is 4.56. The molecule has 0 amide bonds. The Morgan fingerprint density at radius 2 is 1.94 bits per heavy atom. The van der Waals surface area contributed by atoms with Gasteiger partial charge in [-0.25, -0.2) is 4.98 Å². The van der Waals surface area contributed by atoms with Crippen LogP contribution in [-0.2, 0) is 0 Å². The molecule has 1 rings (SSSR count). The van der Waals surface area contributed by atoms with Crippen molar-refractivity contribution < 1.29 is 0 Å². The molecule has 0 aliphatic rings. The minimum Gasteiger partial charge on any atom is -0.348 e. The molecule has 1 unspecified atom stereocenters. The van der Waals surface area contributed by atoms with Crippen LogP contribution < -0.4 is 10.2 Å². The van der Waals surface area contributed by atoms with Gasteiger partial charge in [-0.2, -0.15) is 0 Å². The molecule has 0 aromatic carbocycles. The summed E-state index contributed by atoms with van der Waals surface area (Å²) in [6, 6.07) is 0.413. The molecule has 1 aromatic heterocycles. The third-order valence-electron chi connectivity index (χ3n) is 2.71. The summed E-state index contributed by atoms with van der Waals surface area (Å²) in [6.07, 6.45) is 4.38. The Kier molecular flexibility index (Phi) is 6.52. The first-order chi connectivity index (χ1) is 8.22. The fraction of sp³-hybridized carbons (Fsp3) is 0.769. The summed E-state index contributed by atoms with van der Waals surface area (Å²) in [4.78, 5) is 8.29. The van der Waals surface area contributed by atoms with Crippen LogP contribution in [0.4, 0.5) is 5.13 Å². The molecule has 0 radical (unpaired) electrons. The molecule has 0 aliphatic carbocycles. The molecule has 0 saturated heterocycles.